The lowest BCUT2D eigenvalue weighted by atomic mass is 9.79. The van der Waals surface area contributed by atoms with Gasteiger partial charge in [-0.15, -0.1) is 0 Å². The molecule has 1 saturated carbocycles. The van der Waals surface area contributed by atoms with Gasteiger partial charge in [0.15, 0.2) is 6.61 Å². The van der Waals surface area contributed by atoms with Crippen molar-refractivity contribution in [3.05, 3.63) is 29.8 Å². The molecule has 1 aliphatic carbocycles. The number of carbonyl (C=O) groups excluding carboxylic acids is 2. The van der Waals surface area contributed by atoms with E-state index in [4.69, 9.17) is 14.2 Å². The third-order valence-electron chi connectivity index (χ3n) is 5.82. The molecule has 0 unspecified atom stereocenters. The Labute approximate surface area is 172 Å². The van der Waals surface area contributed by atoms with Crippen molar-refractivity contribution >= 4 is 11.9 Å². The Balaban J connectivity index is 1.52. The number of nitrogens with zero attached hydrogens (tertiary/aromatic N) is 1. The number of esters is 1. The van der Waals surface area contributed by atoms with Crippen molar-refractivity contribution in [3.63, 3.8) is 0 Å². The zero-order valence-electron chi connectivity index (χ0n) is 17.3. The molecule has 1 saturated heterocycles. The molecule has 29 heavy (non-hydrogen) atoms. The second kappa shape index (κ2) is 10.6. The molecule has 1 aromatic carbocycles. The van der Waals surface area contributed by atoms with Crippen LogP contribution in [0.2, 0.25) is 0 Å². The number of amides is 1. The highest BCUT2D eigenvalue weighted by Crippen LogP contribution is 2.33. The van der Waals surface area contributed by atoms with Gasteiger partial charge in [-0.25, -0.2) is 4.79 Å². The van der Waals surface area contributed by atoms with Gasteiger partial charge in [-0.3, -0.25) is 9.69 Å². The molecular weight excluding hydrogens is 372 g/mol. The van der Waals surface area contributed by atoms with E-state index < -0.39 is 5.97 Å². The predicted molar refractivity (Wildman–Crippen MR) is 109 cm³/mol. The maximum Gasteiger partial charge on any atom is 0.342 e. The number of hydrogen-bond donors (Lipinski definition) is 1. The van der Waals surface area contributed by atoms with Gasteiger partial charge in [0.1, 0.15) is 11.3 Å². The van der Waals surface area contributed by atoms with Gasteiger partial charge in [0, 0.05) is 25.2 Å². The lowest BCUT2D eigenvalue weighted by molar-refractivity contribution is -0.125. The number of rotatable bonds is 8. The maximum atomic E-state index is 12.4. The molecule has 0 radical (unpaired) electrons. The first-order chi connectivity index (χ1) is 14.1. The van der Waals surface area contributed by atoms with Crippen LogP contribution in [0.5, 0.6) is 5.75 Å². The minimum Gasteiger partial charge on any atom is -0.493 e. The van der Waals surface area contributed by atoms with Gasteiger partial charge >= 0.3 is 5.97 Å². The Morgan fingerprint density at radius 1 is 1.14 bits per heavy atom. The minimum absolute atomic E-state index is 0.0107. The summed E-state index contributed by atoms with van der Waals surface area (Å²) in [6, 6.07) is 6.90. The molecule has 0 atom stereocenters. The third kappa shape index (κ3) is 5.70. The SMILES string of the molecule is CCOc1ccccc1C(=O)OCC(=O)NCC1(N2CCOCC2)CCCCC1. The Kier molecular flexibility index (Phi) is 7.89. The molecule has 7 heteroatoms. The van der Waals surface area contributed by atoms with E-state index in [1.807, 2.05) is 6.92 Å². The molecule has 0 bridgehead atoms. The van der Waals surface area contributed by atoms with Gasteiger partial charge in [0.2, 0.25) is 0 Å². The van der Waals surface area contributed by atoms with Gasteiger partial charge in [-0.1, -0.05) is 31.4 Å². The summed E-state index contributed by atoms with van der Waals surface area (Å²) in [6.45, 7) is 5.88. The van der Waals surface area contributed by atoms with Crippen LogP contribution >= 0.6 is 0 Å². The lowest BCUT2D eigenvalue weighted by Crippen LogP contribution is -2.59. The summed E-state index contributed by atoms with van der Waals surface area (Å²) in [5.41, 5.74) is 0.322. The van der Waals surface area contributed by atoms with E-state index >= 15 is 0 Å². The molecule has 1 aliphatic heterocycles. The van der Waals surface area contributed by atoms with Gasteiger partial charge in [-0.2, -0.15) is 0 Å². The van der Waals surface area contributed by atoms with Crippen LogP contribution in [0, 0.1) is 0 Å². The number of hydrogen-bond acceptors (Lipinski definition) is 6. The number of carbonyl (C=O) groups is 2. The molecule has 1 heterocycles. The first-order valence-electron chi connectivity index (χ1n) is 10.6. The fourth-order valence-corrected chi connectivity index (χ4v) is 4.29. The van der Waals surface area contributed by atoms with E-state index in [-0.39, 0.29) is 18.1 Å². The zero-order valence-corrected chi connectivity index (χ0v) is 17.3. The second-order valence-electron chi connectivity index (χ2n) is 7.67. The van der Waals surface area contributed by atoms with Crippen LogP contribution < -0.4 is 10.1 Å². The van der Waals surface area contributed by atoms with E-state index in [1.54, 1.807) is 24.3 Å². The molecular formula is C22H32N2O5. The highest BCUT2D eigenvalue weighted by atomic mass is 16.5. The number of ether oxygens (including phenoxy) is 3. The molecule has 2 fully saturated rings. The summed E-state index contributed by atoms with van der Waals surface area (Å²) < 4.78 is 16.2. The Bertz CT molecular complexity index is 682. The summed E-state index contributed by atoms with van der Waals surface area (Å²) in [6.07, 6.45) is 5.76. The average Bonchev–Trinajstić information content (AvgIpc) is 2.78. The molecule has 160 valence electrons. The first-order valence-corrected chi connectivity index (χ1v) is 10.6. The van der Waals surface area contributed by atoms with Crippen LogP contribution in [0.25, 0.3) is 0 Å². The van der Waals surface area contributed by atoms with Gasteiger partial charge in [0.05, 0.1) is 19.8 Å². The van der Waals surface area contributed by atoms with Crippen LogP contribution in [-0.4, -0.2) is 68.4 Å². The smallest absolute Gasteiger partial charge is 0.342 e. The number of para-hydroxylation sites is 1. The van der Waals surface area contributed by atoms with Crippen molar-refractivity contribution in [2.45, 2.75) is 44.6 Å². The third-order valence-corrected chi connectivity index (χ3v) is 5.82. The lowest BCUT2D eigenvalue weighted by Gasteiger charge is -2.48. The van der Waals surface area contributed by atoms with Crippen molar-refractivity contribution < 1.29 is 23.8 Å². The van der Waals surface area contributed by atoms with Crippen molar-refractivity contribution in [2.24, 2.45) is 0 Å². The molecule has 0 aromatic heterocycles. The van der Waals surface area contributed by atoms with Crippen LogP contribution in [-0.2, 0) is 14.3 Å². The van der Waals surface area contributed by atoms with E-state index in [0.29, 0.717) is 24.5 Å². The second-order valence-corrected chi connectivity index (χ2v) is 7.67. The summed E-state index contributed by atoms with van der Waals surface area (Å²) in [7, 11) is 0. The highest BCUT2D eigenvalue weighted by molar-refractivity contribution is 5.94. The molecule has 1 N–H and O–H groups in total. The number of nitrogens with one attached hydrogen (secondary N) is 1. The zero-order chi connectivity index (χ0) is 20.5. The predicted octanol–water partition coefficient (Wildman–Crippen LogP) is 2.39. The number of benzene rings is 1. The largest absolute Gasteiger partial charge is 0.493 e. The first kappa shape index (κ1) is 21.6. The quantitative estimate of drug-likeness (QED) is 0.671. The van der Waals surface area contributed by atoms with Crippen molar-refractivity contribution in [1.82, 2.24) is 10.2 Å². The van der Waals surface area contributed by atoms with Crippen molar-refractivity contribution in [3.8, 4) is 5.75 Å². The van der Waals surface area contributed by atoms with Crippen molar-refractivity contribution in [2.75, 3.05) is 46.1 Å². The summed E-state index contributed by atoms with van der Waals surface area (Å²) in [5.74, 6) is -0.357. The molecule has 3 rings (SSSR count). The van der Waals surface area contributed by atoms with Gasteiger partial charge in [-0.05, 0) is 31.9 Å². The fraction of sp³-hybridized carbons (Fsp3) is 0.636. The summed E-state index contributed by atoms with van der Waals surface area (Å²) >= 11 is 0. The monoisotopic (exact) mass is 404 g/mol. The molecule has 0 spiro atoms. The molecule has 7 nitrogen and oxygen atoms in total. The minimum atomic E-state index is -0.551. The van der Waals surface area contributed by atoms with Gasteiger partial charge < -0.3 is 19.5 Å². The van der Waals surface area contributed by atoms with E-state index in [2.05, 4.69) is 10.2 Å². The van der Waals surface area contributed by atoms with E-state index in [1.165, 1.54) is 19.3 Å². The normalized spacial score (nSPS) is 19.3. The Hall–Kier alpha value is -2.12. The Morgan fingerprint density at radius 3 is 2.59 bits per heavy atom. The van der Waals surface area contributed by atoms with E-state index in [0.717, 1.165) is 39.1 Å². The summed E-state index contributed by atoms with van der Waals surface area (Å²) in [5, 5.41) is 3.01. The van der Waals surface area contributed by atoms with Crippen LogP contribution in [0.4, 0.5) is 0 Å². The average molecular weight is 405 g/mol. The Morgan fingerprint density at radius 2 is 1.86 bits per heavy atom. The summed E-state index contributed by atoms with van der Waals surface area (Å²) in [4.78, 5) is 27.2. The van der Waals surface area contributed by atoms with Crippen molar-refractivity contribution in [1.29, 1.82) is 0 Å². The topological polar surface area (TPSA) is 77.1 Å². The number of morpholine rings is 1. The standard InChI is InChI=1S/C22H32N2O5/c1-2-28-19-9-5-4-8-18(19)21(26)29-16-20(25)23-17-22(10-6-3-7-11-22)24-12-14-27-15-13-24/h4-5,8-9H,2-3,6-7,10-17H2,1H3,(H,23,25). The maximum absolute atomic E-state index is 12.4. The highest BCUT2D eigenvalue weighted by Gasteiger charge is 2.38. The molecule has 2 aliphatic rings. The van der Waals surface area contributed by atoms with Crippen LogP contribution in [0.3, 0.4) is 0 Å². The van der Waals surface area contributed by atoms with Gasteiger partial charge in [0.25, 0.3) is 5.91 Å². The van der Waals surface area contributed by atoms with Crippen LogP contribution in [0.1, 0.15) is 49.4 Å². The van der Waals surface area contributed by atoms with E-state index in [9.17, 15) is 9.59 Å². The van der Waals surface area contributed by atoms with Crippen LogP contribution in [0.15, 0.2) is 24.3 Å². The molecule has 1 amide bonds. The molecule has 1 aromatic rings. The fourth-order valence-electron chi connectivity index (χ4n) is 4.29.